The van der Waals surface area contributed by atoms with E-state index in [9.17, 15) is 18.0 Å². The Labute approximate surface area is 288 Å². The van der Waals surface area contributed by atoms with E-state index in [2.05, 4.69) is 37.2 Å². The number of halogens is 2. The Morgan fingerprint density at radius 1 is 0.804 bits per heavy atom. The van der Waals surface area contributed by atoms with Crippen molar-refractivity contribution in [3.63, 3.8) is 0 Å². The molecule has 0 heterocycles. The summed E-state index contributed by atoms with van der Waals surface area (Å²) >= 11 is 6.90. The van der Waals surface area contributed by atoms with E-state index in [1.165, 1.54) is 4.90 Å². The van der Waals surface area contributed by atoms with Crippen LogP contribution < -0.4 is 9.62 Å². The van der Waals surface area contributed by atoms with Gasteiger partial charge in [0.25, 0.3) is 10.0 Å². The Balaban J connectivity index is 1.55. The molecule has 4 aromatic rings. The van der Waals surface area contributed by atoms with E-state index in [1.54, 1.807) is 48.5 Å². The van der Waals surface area contributed by atoms with Crippen LogP contribution in [0.15, 0.2) is 117 Å². The number of rotatable bonds is 12. The van der Waals surface area contributed by atoms with Gasteiger partial charge in [-0.2, -0.15) is 0 Å². The molecule has 10 heteroatoms. The molecule has 1 N–H and O–H groups in total. The smallest absolute Gasteiger partial charge is 0.264 e. The lowest BCUT2D eigenvalue weighted by Gasteiger charge is -2.34. The number of hydrogen-bond donors (Lipinski definition) is 1. The van der Waals surface area contributed by atoms with Crippen LogP contribution in [0.5, 0.6) is 0 Å². The topological polar surface area (TPSA) is 86.8 Å². The highest BCUT2D eigenvalue weighted by molar-refractivity contribution is 9.10. The second-order valence-electron chi connectivity index (χ2n) is 11.6. The highest BCUT2D eigenvalue weighted by atomic mass is 79.9. The van der Waals surface area contributed by atoms with Crippen molar-refractivity contribution in [2.45, 2.75) is 62.6 Å². The summed E-state index contributed by atoms with van der Waals surface area (Å²) in [6, 6.07) is 29.7. The maximum Gasteiger partial charge on any atom is 0.264 e. The summed E-state index contributed by atoms with van der Waals surface area (Å²) in [4.78, 5) is 30.3. The molecule has 1 atom stereocenters. The fraction of sp³-hybridized carbons (Fsp3) is 0.278. The van der Waals surface area contributed by atoms with Gasteiger partial charge in [-0.25, -0.2) is 8.42 Å². The van der Waals surface area contributed by atoms with E-state index >= 15 is 0 Å². The summed E-state index contributed by atoms with van der Waals surface area (Å²) in [7, 11) is -4.15. The molecule has 0 radical (unpaired) electrons. The first kappa shape index (κ1) is 33.9. The van der Waals surface area contributed by atoms with Gasteiger partial charge in [0.2, 0.25) is 11.8 Å². The van der Waals surface area contributed by atoms with Gasteiger partial charge < -0.3 is 10.2 Å². The number of amides is 2. The standard InChI is InChI=1S/C36H37Br2N3O4S/c1-26-11-21-33(22-12-26)46(44,45)41(32-19-17-30(38)18-20-32)25-35(42)40(24-28-13-15-29(37)16-14-28)34(23-27-7-3-2-4-8-27)36(43)39-31-9-5-6-10-31/h2-4,7-8,11-22,31,34H,5-6,9-10,23-25H2,1H3,(H,39,43). The van der Waals surface area contributed by atoms with Gasteiger partial charge in [0.05, 0.1) is 10.6 Å². The fourth-order valence-corrected chi connectivity index (χ4v) is 7.62. The highest BCUT2D eigenvalue weighted by Gasteiger charge is 2.35. The molecule has 0 aliphatic heterocycles. The third kappa shape index (κ3) is 8.66. The van der Waals surface area contributed by atoms with Gasteiger partial charge in [-0.3, -0.25) is 13.9 Å². The monoisotopic (exact) mass is 765 g/mol. The Kier molecular flexibility index (Phi) is 11.4. The lowest BCUT2D eigenvalue weighted by atomic mass is 10.0. The largest absolute Gasteiger partial charge is 0.352 e. The van der Waals surface area contributed by atoms with Crippen LogP contribution in [0.4, 0.5) is 5.69 Å². The lowest BCUT2D eigenvalue weighted by molar-refractivity contribution is -0.140. The normalized spacial score (nSPS) is 14.1. The van der Waals surface area contributed by atoms with Crippen LogP contribution in [0.1, 0.15) is 42.4 Å². The highest BCUT2D eigenvalue weighted by Crippen LogP contribution is 2.27. The van der Waals surface area contributed by atoms with Crippen LogP contribution in [-0.4, -0.2) is 43.8 Å². The summed E-state index contributed by atoms with van der Waals surface area (Å²) in [5.41, 5.74) is 2.98. The maximum atomic E-state index is 14.6. The molecule has 0 spiro atoms. The zero-order chi connectivity index (χ0) is 32.7. The van der Waals surface area contributed by atoms with E-state index in [1.807, 2.05) is 61.5 Å². The zero-order valence-corrected chi connectivity index (χ0v) is 29.6. The molecule has 46 heavy (non-hydrogen) atoms. The van der Waals surface area contributed by atoms with Crippen molar-refractivity contribution in [3.05, 3.63) is 129 Å². The summed E-state index contributed by atoms with van der Waals surface area (Å²) < 4.78 is 31.1. The Morgan fingerprint density at radius 3 is 2.00 bits per heavy atom. The molecule has 2 amide bonds. The van der Waals surface area contributed by atoms with Gasteiger partial charge in [-0.05, 0) is 79.4 Å². The van der Waals surface area contributed by atoms with Crippen LogP contribution in [0.25, 0.3) is 0 Å². The van der Waals surface area contributed by atoms with Crippen molar-refractivity contribution in [2.24, 2.45) is 0 Å². The molecule has 5 rings (SSSR count). The quantitative estimate of drug-likeness (QED) is 0.163. The van der Waals surface area contributed by atoms with Crippen molar-refractivity contribution < 1.29 is 18.0 Å². The SMILES string of the molecule is Cc1ccc(S(=O)(=O)N(CC(=O)N(Cc2ccc(Br)cc2)C(Cc2ccccc2)C(=O)NC2CCCC2)c2ccc(Br)cc2)cc1. The lowest BCUT2D eigenvalue weighted by Crippen LogP contribution is -2.54. The molecule has 1 fully saturated rings. The van der Waals surface area contributed by atoms with Crippen molar-refractivity contribution >= 4 is 59.4 Å². The summed E-state index contributed by atoms with van der Waals surface area (Å²) in [5, 5.41) is 3.20. The van der Waals surface area contributed by atoms with Gasteiger partial charge in [0, 0.05) is 28.0 Å². The minimum Gasteiger partial charge on any atom is -0.352 e. The van der Waals surface area contributed by atoms with E-state index < -0.39 is 28.5 Å². The number of aryl methyl sites for hydroxylation is 1. The zero-order valence-electron chi connectivity index (χ0n) is 25.6. The molecule has 1 aliphatic carbocycles. The van der Waals surface area contributed by atoms with Gasteiger partial charge in [-0.1, -0.05) is 105 Å². The molecule has 240 valence electrons. The Morgan fingerprint density at radius 2 is 1.39 bits per heavy atom. The number of nitrogens with zero attached hydrogens (tertiary/aromatic N) is 2. The first-order chi connectivity index (χ1) is 22.1. The second kappa shape index (κ2) is 15.4. The van der Waals surface area contributed by atoms with Gasteiger partial charge in [-0.15, -0.1) is 0 Å². The molecule has 1 aliphatic rings. The third-order valence-corrected chi connectivity index (χ3v) is 11.1. The number of sulfonamides is 1. The number of hydrogen-bond acceptors (Lipinski definition) is 4. The predicted octanol–water partition coefficient (Wildman–Crippen LogP) is 7.41. The van der Waals surface area contributed by atoms with Crippen LogP contribution in [0, 0.1) is 6.92 Å². The summed E-state index contributed by atoms with van der Waals surface area (Å²) in [6.07, 6.45) is 4.18. The van der Waals surface area contributed by atoms with Gasteiger partial charge >= 0.3 is 0 Å². The molecule has 1 saturated carbocycles. The first-order valence-corrected chi connectivity index (χ1v) is 18.4. The maximum absolute atomic E-state index is 14.6. The van der Waals surface area contributed by atoms with E-state index in [0.717, 1.165) is 55.6 Å². The molecule has 0 bridgehead atoms. The molecular weight excluding hydrogens is 730 g/mol. The van der Waals surface area contributed by atoms with Crippen molar-refractivity contribution in [2.75, 3.05) is 10.8 Å². The van der Waals surface area contributed by atoms with Gasteiger partial charge in [0.15, 0.2) is 0 Å². The minimum atomic E-state index is -4.15. The molecule has 1 unspecified atom stereocenters. The molecule has 0 saturated heterocycles. The predicted molar refractivity (Wildman–Crippen MR) is 189 cm³/mol. The van der Waals surface area contributed by atoms with Crippen LogP contribution in [-0.2, 0) is 32.6 Å². The number of anilines is 1. The van der Waals surface area contributed by atoms with Gasteiger partial charge in [0.1, 0.15) is 12.6 Å². The van der Waals surface area contributed by atoms with E-state index in [-0.39, 0.29) is 29.8 Å². The van der Waals surface area contributed by atoms with Crippen LogP contribution >= 0.6 is 31.9 Å². The Bertz CT molecular complexity index is 1730. The van der Waals surface area contributed by atoms with Crippen molar-refractivity contribution in [1.29, 1.82) is 0 Å². The van der Waals surface area contributed by atoms with Crippen molar-refractivity contribution in [3.8, 4) is 0 Å². The molecular formula is C36H37Br2N3O4S. The summed E-state index contributed by atoms with van der Waals surface area (Å²) in [6.45, 7) is 1.52. The first-order valence-electron chi connectivity index (χ1n) is 15.3. The van der Waals surface area contributed by atoms with E-state index in [0.29, 0.717) is 5.69 Å². The number of nitrogens with one attached hydrogen (secondary N) is 1. The number of carbonyl (C=O) groups is 2. The van der Waals surface area contributed by atoms with E-state index in [4.69, 9.17) is 0 Å². The summed E-state index contributed by atoms with van der Waals surface area (Å²) in [5.74, 6) is -0.721. The number of benzene rings is 4. The molecule has 4 aromatic carbocycles. The minimum absolute atomic E-state index is 0.0524. The number of carbonyl (C=O) groups excluding carboxylic acids is 2. The Hall–Kier alpha value is -3.47. The average molecular weight is 768 g/mol. The third-order valence-electron chi connectivity index (χ3n) is 8.24. The van der Waals surface area contributed by atoms with Crippen LogP contribution in [0.2, 0.25) is 0 Å². The molecule has 0 aromatic heterocycles. The fourth-order valence-electron chi connectivity index (χ4n) is 5.68. The average Bonchev–Trinajstić information content (AvgIpc) is 3.56. The molecule has 7 nitrogen and oxygen atoms in total. The van der Waals surface area contributed by atoms with Crippen molar-refractivity contribution in [1.82, 2.24) is 10.2 Å². The van der Waals surface area contributed by atoms with Crippen LogP contribution in [0.3, 0.4) is 0 Å². The second-order valence-corrected chi connectivity index (χ2v) is 15.3.